The minimum absolute atomic E-state index is 0.189. The molecule has 7 nitrogen and oxygen atoms in total. The maximum atomic E-state index is 13.3. The molecule has 4 unspecified atom stereocenters. The van der Waals surface area contributed by atoms with Crippen molar-refractivity contribution >= 4 is 26.3 Å². The Kier molecular flexibility index (Phi) is 16.6. The van der Waals surface area contributed by atoms with Crippen molar-refractivity contribution in [2.24, 2.45) is 23.7 Å². The lowest BCUT2D eigenvalue weighted by Crippen LogP contribution is -2.10. The average Bonchev–Trinajstić information content (AvgIpc) is 2.76. The number of hydrogen-bond donors (Lipinski definition) is 0. The topological polar surface area (TPSA) is 80.3 Å². The van der Waals surface area contributed by atoms with E-state index >= 15 is 0 Å². The first-order valence-electron chi connectivity index (χ1n) is 11.2. The second-order valence-electron chi connectivity index (χ2n) is 8.28. The van der Waals surface area contributed by atoms with Crippen LogP contribution < -0.4 is 0 Å². The van der Waals surface area contributed by atoms with Crippen molar-refractivity contribution in [1.29, 1.82) is 0 Å². The molecule has 0 aromatic heterocycles. The normalized spacial score (nSPS) is 20.1. The van der Waals surface area contributed by atoms with E-state index in [1.165, 1.54) is 0 Å². The summed E-state index contributed by atoms with van der Waals surface area (Å²) < 4.78 is 54.1. The zero-order chi connectivity index (χ0) is 23.2. The summed E-state index contributed by atoms with van der Waals surface area (Å²) >= 11 is 0.452. The fourth-order valence-electron chi connectivity index (χ4n) is 1.59. The summed E-state index contributed by atoms with van der Waals surface area (Å²) in [5.41, 5.74) is 0. The second kappa shape index (κ2) is 16.3. The second-order valence-corrected chi connectivity index (χ2v) is 13.6. The molecule has 10 heteroatoms. The Morgan fingerprint density at radius 3 is 1.20 bits per heavy atom. The third-order valence-corrected chi connectivity index (χ3v) is 9.89. The molecule has 0 radical (unpaired) electrons. The van der Waals surface area contributed by atoms with Gasteiger partial charge in [0, 0.05) is 0 Å². The zero-order valence-corrected chi connectivity index (χ0v) is 22.7. The molecule has 0 heterocycles. The number of phosphoric acid groups is 1. The first kappa shape index (κ1) is 30.6. The van der Waals surface area contributed by atoms with Crippen LogP contribution >= 0.6 is 26.3 Å². The van der Waals surface area contributed by atoms with Gasteiger partial charge in [-0.25, -0.2) is 13.1 Å². The van der Waals surface area contributed by atoms with Crippen LogP contribution in [0.2, 0.25) is 0 Å². The quantitative estimate of drug-likeness (QED) is 0.133. The van der Waals surface area contributed by atoms with Crippen molar-refractivity contribution in [2.75, 3.05) is 26.4 Å². The van der Waals surface area contributed by atoms with Crippen molar-refractivity contribution in [3.05, 3.63) is 0 Å². The Bertz CT molecular complexity index is 453. The first-order valence-corrected chi connectivity index (χ1v) is 15.5. The molecule has 0 amide bonds. The lowest BCUT2D eigenvalue weighted by atomic mass is 10.1. The zero-order valence-electron chi connectivity index (χ0n) is 20.1. The van der Waals surface area contributed by atoms with Gasteiger partial charge in [-0.1, -0.05) is 81.1 Å². The molecule has 0 fully saturated rings. The van der Waals surface area contributed by atoms with Gasteiger partial charge in [-0.05, 0) is 23.7 Å². The summed E-state index contributed by atoms with van der Waals surface area (Å²) in [7, 11) is -3.93. The van der Waals surface area contributed by atoms with Crippen LogP contribution in [-0.4, -0.2) is 26.4 Å². The third-order valence-electron chi connectivity index (χ3n) is 5.07. The molecular weight excluding hydrogens is 446 g/mol. The molecule has 0 N–H and O–H groups in total. The smallest absolute Gasteiger partial charge is 0.299 e. The van der Waals surface area contributed by atoms with Crippen molar-refractivity contribution in [2.45, 2.75) is 81.1 Å². The fraction of sp³-hybridized carbons (Fsp3) is 1.00. The van der Waals surface area contributed by atoms with E-state index in [1.807, 2.05) is 55.4 Å². The Balaban J connectivity index is 5.23. The van der Waals surface area contributed by atoms with Crippen molar-refractivity contribution in [1.82, 2.24) is 0 Å². The largest absolute Gasteiger partial charge is 0.486 e. The molecule has 0 aliphatic rings. The third kappa shape index (κ3) is 13.9. The van der Waals surface area contributed by atoms with Gasteiger partial charge in [-0.2, -0.15) is 0 Å². The molecule has 30 heavy (non-hydrogen) atoms. The summed E-state index contributed by atoms with van der Waals surface area (Å²) in [6.45, 7) is 13.3. The van der Waals surface area contributed by atoms with Crippen LogP contribution in [0.15, 0.2) is 0 Å². The summed E-state index contributed by atoms with van der Waals surface area (Å²) in [6.07, 6.45) is 3.50. The fourth-order valence-corrected chi connectivity index (χ4v) is 6.66. The number of rotatable bonds is 19. The minimum Gasteiger partial charge on any atom is -0.299 e. The molecule has 0 aliphatic carbocycles. The maximum Gasteiger partial charge on any atom is 0.486 e. The Morgan fingerprint density at radius 1 is 0.600 bits per heavy atom. The van der Waals surface area contributed by atoms with Crippen LogP contribution in [0.4, 0.5) is 0 Å². The van der Waals surface area contributed by atoms with Crippen LogP contribution in [0.5, 0.6) is 0 Å². The molecule has 0 rings (SSSR count). The molecule has 182 valence electrons. The predicted molar refractivity (Wildman–Crippen MR) is 126 cm³/mol. The van der Waals surface area contributed by atoms with Crippen LogP contribution in [0, 0.1) is 23.7 Å². The van der Waals surface area contributed by atoms with E-state index in [9.17, 15) is 9.13 Å². The van der Waals surface area contributed by atoms with Gasteiger partial charge in [0.15, 0.2) is 0 Å². The first-order chi connectivity index (χ1) is 14.0. The number of phosphoric ester groups is 1. The van der Waals surface area contributed by atoms with E-state index in [-0.39, 0.29) is 50.1 Å². The Hall–Kier alpha value is 0.610. The monoisotopic (exact) mass is 490 g/mol. The summed E-state index contributed by atoms with van der Waals surface area (Å²) in [5, 5.41) is 0. The van der Waals surface area contributed by atoms with E-state index in [4.69, 9.17) is 22.1 Å². The van der Waals surface area contributed by atoms with E-state index < -0.39 is 14.6 Å². The highest BCUT2D eigenvalue weighted by Crippen LogP contribution is 2.68. The molecule has 4 atom stereocenters. The van der Waals surface area contributed by atoms with E-state index in [0.29, 0.717) is 11.7 Å². The van der Waals surface area contributed by atoms with Gasteiger partial charge >= 0.3 is 14.6 Å². The van der Waals surface area contributed by atoms with Crippen LogP contribution in [0.25, 0.3) is 0 Å². The Labute approximate surface area is 188 Å². The van der Waals surface area contributed by atoms with Gasteiger partial charge in [0.25, 0.3) is 0 Å². The molecule has 0 saturated carbocycles. The minimum atomic E-state index is -3.93. The van der Waals surface area contributed by atoms with E-state index in [0.717, 1.165) is 25.7 Å². The SMILES string of the molecule is CCC(C)COP(=O)(OCC(C)CC)OSP(=O)(OCC(C)CC)OCC(C)CC. The van der Waals surface area contributed by atoms with Gasteiger partial charge in [0.2, 0.25) is 0 Å². The van der Waals surface area contributed by atoms with Crippen molar-refractivity contribution in [3.8, 4) is 0 Å². The summed E-state index contributed by atoms with van der Waals surface area (Å²) in [4.78, 5) is 0. The van der Waals surface area contributed by atoms with Crippen LogP contribution in [0.3, 0.4) is 0 Å². The highest BCUT2D eigenvalue weighted by molar-refractivity contribution is 8.53. The molecule has 0 aromatic rings. The number of hydrogen-bond acceptors (Lipinski definition) is 8. The van der Waals surface area contributed by atoms with Crippen LogP contribution in [-0.2, 0) is 31.2 Å². The van der Waals surface area contributed by atoms with Gasteiger partial charge in [0.1, 0.15) is 11.7 Å². The van der Waals surface area contributed by atoms with Crippen molar-refractivity contribution < 1.29 is 31.2 Å². The molecule has 0 aliphatic heterocycles. The van der Waals surface area contributed by atoms with E-state index in [1.54, 1.807) is 0 Å². The molecule has 0 spiro atoms. The van der Waals surface area contributed by atoms with Gasteiger partial charge in [-0.3, -0.25) is 18.1 Å². The van der Waals surface area contributed by atoms with Crippen LogP contribution in [0.1, 0.15) is 81.1 Å². The Morgan fingerprint density at radius 2 is 0.900 bits per heavy atom. The predicted octanol–water partition coefficient (Wildman–Crippen LogP) is 8.12. The van der Waals surface area contributed by atoms with E-state index in [2.05, 4.69) is 0 Å². The highest BCUT2D eigenvalue weighted by Gasteiger charge is 2.37. The standard InChI is InChI=1S/C20H44O7P2S/c1-9-17(5)13-23-28(21,24-14-18(6)10-2)27-30-29(22,25-15-19(7)11-3)26-16-20(8)12-4/h17-20H,9-16H2,1-8H3. The van der Waals surface area contributed by atoms with Gasteiger partial charge in [0.05, 0.1) is 26.4 Å². The van der Waals surface area contributed by atoms with Gasteiger partial charge in [-0.15, -0.1) is 0 Å². The highest BCUT2D eigenvalue weighted by atomic mass is 32.7. The average molecular weight is 491 g/mol. The van der Waals surface area contributed by atoms with Crippen molar-refractivity contribution in [3.63, 3.8) is 0 Å². The molecule has 0 aromatic carbocycles. The summed E-state index contributed by atoms with van der Waals surface area (Å²) in [6, 6.07) is 0. The van der Waals surface area contributed by atoms with Gasteiger partial charge < -0.3 is 0 Å². The molecular formula is C20H44O7P2S. The maximum absolute atomic E-state index is 13.3. The molecule has 0 bridgehead atoms. The summed E-state index contributed by atoms with van der Waals surface area (Å²) in [5.74, 6) is 0.797. The lowest BCUT2D eigenvalue weighted by Gasteiger charge is -2.23. The molecule has 0 saturated heterocycles. The lowest BCUT2D eigenvalue weighted by molar-refractivity contribution is 0.129.